The number of aryl methyl sites for hydroxylation is 1. The number of anilines is 1. The minimum Gasteiger partial charge on any atom is -0.497 e. The fourth-order valence-electron chi connectivity index (χ4n) is 3.95. The molecule has 0 aliphatic heterocycles. The number of allylic oxidation sites excluding steroid dienone is 1. The third kappa shape index (κ3) is 4.80. The van der Waals surface area contributed by atoms with E-state index >= 15 is 0 Å². The van der Waals surface area contributed by atoms with E-state index in [0.717, 1.165) is 44.5 Å². The Kier molecular flexibility index (Phi) is 6.94. The number of amides is 1. The first-order chi connectivity index (χ1) is 16.4. The van der Waals surface area contributed by atoms with Crippen LogP contribution in [0.15, 0.2) is 71.4 Å². The molecule has 1 aromatic heterocycles. The highest BCUT2D eigenvalue weighted by Crippen LogP contribution is 2.41. The first-order valence-electron chi connectivity index (χ1n) is 11.0. The van der Waals surface area contributed by atoms with Crippen molar-refractivity contribution in [2.24, 2.45) is 0 Å². The number of carbonyl (C=O) groups is 1. The Labute approximate surface area is 203 Å². The van der Waals surface area contributed by atoms with E-state index in [2.05, 4.69) is 5.32 Å². The monoisotopic (exact) mass is 475 g/mol. The highest BCUT2D eigenvalue weighted by atomic mass is 35.5. The van der Waals surface area contributed by atoms with Crippen LogP contribution in [0.2, 0.25) is 5.02 Å². The van der Waals surface area contributed by atoms with Gasteiger partial charge in [0, 0.05) is 38.9 Å². The molecule has 0 fully saturated rings. The van der Waals surface area contributed by atoms with Crippen molar-refractivity contribution < 1.29 is 18.7 Å². The van der Waals surface area contributed by atoms with Gasteiger partial charge in [0.1, 0.15) is 17.1 Å². The number of ether oxygens (including phenoxy) is 2. The maximum atomic E-state index is 12.7. The van der Waals surface area contributed by atoms with Crippen molar-refractivity contribution in [3.63, 3.8) is 0 Å². The highest BCUT2D eigenvalue weighted by molar-refractivity contribution is 6.31. The number of rotatable bonds is 7. The Morgan fingerprint density at radius 1 is 1.15 bits per heavy atom. The van der Waals surface area contributed by atoms with Crippen molar-refractivity contribution in [3.05, 3.63) is 83.1 Å². The van der Waals surface area contributed by atoms with E-state index in [4.69, 9.17) is 25.5 Å². The van der Waals surface area contributed by atoms with Gasteiger partial charge < -0.3 is 19.2 Å². The molecular weight excluding hydrogens is 450 g/mol. The van der Waals surface area contributed by atoms with Gasteiger partial charge in [-0.3, -0.25) is 4.79 Å². The van der Waals surface area contributed by atoms with Crippen LogP contribution in [0.5, 0.6) is 11.5 Å². The van der Waals surface area contributed by atoms with Gasteiger partial charge in [-0.2, -0.15) is 0 Å². The van der Waals surface area contributed by atoms with Crippen LogP contribution < -0.4 is 14.8 Å². The normalized spacial score (nSPS) is 11.5. The number of furan rings is 1. The second-order valence-electron chi connectivity index (χ2n) is 7.89. The lowest BCUT2D eigenvalue weighted by molar-refractivity contribution is -0.111. The molecule has 0 saturated heterocycles. The van der Waals surface area contributed by atoms with Crippen LogP contribution >= 0.6 is 11.6 Å². The summed E-state index contributed by atoms with van der Waals surface area (Å²) in [6.07, 6.45) is 3.32. The second kappa shape index (κ2) is 10.1. The Morgan fingerprint density at radius 2 is 1.91 bits per heavy atom. The Hall–Kier alpha value is -3.70. The minimum atomic E-state index is -0.248. The highest BCUT2D eigenvalue weighted by Gasteiger charge is 2.19. The van der Waals surface area contributed by atoms with Gasteiger partial charge in [0.15, 0.2) is 0 Å². The Morgan fingerprint density at radius 3 is 2.59 bits per heavy atom. The maximum absolute atomic E-state index is 12.7. The molecule has 3 aromatic carbocycles. The van der Waals surface area contributed by atoms with Crippen molar-refractivity contribution in [1.29, 1.82) is 0 Å². The van der Waals surface area contributed by atoms with Crippen LogP contribution in [-0.2, 0) is 4.79 Å². The summed E-state index contributed by atoms with van der Waals surface area (Å²) >= 11 is 6.03. The van der Waals surface area contributed by atoms with E-state index in [-0.39, 0.29) is 5.91 Å². The molecule has 4 rings (SSSR count). The molecular formula is C28H26ClNO4. The summed E-state index contributed by atoms with van der Waals surface area (Å²) in [6.45, 7) is 6.29. The molecule has 34 heavy (non-hydrogen) atoms. The first kappa shape index (κ1) is 23.5. The fourth-order valence-corrected chi connectivity index (χ4v) is 4.14. The van der Waals surface area contributed by atoms with E-state index in [0.29, 0.717) is 23.1 Å². The SMILES string of the molecule is CCOc1c(/C(C)=C/C(=O)Nc2cccc(Cl)c2)cc2c(-c3ccc(OC)cc3)coc2c1C. The lowest BCUT2D eigenvalue weighted by atomic mass is 9.96. The standard InChI is InChI=1S/C28H26ClNO4/c1-5-33-27-18(3)28-24(25(16-34-28)19-9-11-22(32-4)12-10-19)15-23(27)17(2)13-26(31)30-21-8-6-7-20(29)14-21/h6-16H,5H2,1-4H3,(H,30,31)/b17-13+. The van der Waals surface area contributed by atoms with E-state index in [1.165, 1.54) is 0 Å². The lowest BCUT2D eigenvalue weighted by Crippen LogP contribution is -2.09. The summed E-state index contributed by atoms with van der Waals surface area (Å²) in [5, 5.41) is 4.37. The molecule has 0 aliphatic carbocycles. The smallest absolute Gasteiger partial charge is 0.248 e. The van der Waals surface area contributed by atoms with Crippen molar-refractivity contribution in [2.75, 3.05) is 19.0 Å². The second-order valence-corrected chi connectivity index (χ2v) is 8.33. The van der Waals surface area contributed by atoms with Gasteiger partial charge in [0.2, 0.25) is 5.91 Å². The molecule has 5 nitrogen and oxygen atoms in total. The maximum Gasteiger partial charge on any atom is 0.248 e. The summed E-state index contributed by atoms with van der Waals surface area (Å²) < 4.78 is 17.2. The van der Waals surface area contributed by atoms with Crippen LogP contribution in [0.3, 0.4) is 0 Å². The van der Waals surface area contributed by atoms with Crippen LogP contribution in [0.1, 0.15) is 25.0 Å². The van der Waals surface area contributed by atoms with E-state index < -0.39 is 0 Å². The van der Waals surface area contributed by atoms with Crippen LogP contribution in [0.25, 0.3) is 27.7 Å². The third-order valence-corrected chi connectivity index (χ3v) is 5.83. The van der Waals surface area contributed by atoms with Crippen molar-refractivity contribution in [3.8, 4) is 22.6 Å². The number of hydrogen-bond acceptors (Lipinski definition) is 4. The topological polar surface area (TPSA) is 60.7 Å². The van der Waals surface area contributed by atoms with Gasteiger partial charge >= 0.3 is 0 Å². The molecule has 0 spiro atoms. The predicted molar refractivity (Wildman–Crippen MR) is 138 cm³/mol. The number of benzene rings is 3. The van der Waals surface area contributed by atoms with E-state index in [9.17, 15) is 4.79 Å². The minimum absolute atomic E-state index is 0.248. The summed E-state index contributed by atoms with van der Waals surface area (Å²) in [6, 6.07) is 16.9. The van der Waals surface area contributed by atoms with Gasteiger partial charge in [-0.1, -0.05) is 29.8 Å². The zero-order chi connectivity index (χ0) is 24.2. The van der Waals surface area contributed by atoms with Gasteiger partial charge in [0.05, 0.1) is 20.0 Å². The molecule has 0 atom stereocenters. The average molecular weight is 476 g/mol. The Balaban J connectivity index is 1.77. The summed E-state index contributed by atoms with van der Waals surface area (Å²) in [5.74, 6) is 1.24. The molecule has 0 saturated carbocycles. The quantitative estimate of drug-likeness (QED) is 0.281. The third-order valence-electron chi connectivity index (χ3n) is 5.60. The number of hydrogen-bond donors (Lipinski definition) is 1. The molecule has 174 valence electrons. The zero-order valence-electron chi connectivity index (χ0n) is 19.6. The van der Waals surface area contributed by atoms with Crippen LogP contribution in [0.4, 0.5) is 5.69 Å². The number of carbonyl (C=O) groups excluding carboxylic acids is 1. The average Bonchev–Trinajstić information content (AvgIpc) is 3.25. The van der Waals surface area contributed by atoms with Gasteiger partial charge in [-0.15, -0.1) is 0 Å². The van der Waals surface area contributed by atoms with Gasteiger partial charge in [-0.25, -0.2) is 0 Å². The lowest BCUT2D eigenvalue weighted by Gasteiger charge is -2.15. The van der Waals surface area contributed by atoms with Gasteiger partial charge in [0.25, 0.3) is 0 Å². The summed E-state index contributed by atoms with van der Waals surface area (Å²) in [5.41, 5.74) is 5.86. The number of nitrogens with one attached hydrogen (secondary N) is 1. The molecule has 6 heteroatoms. The molecule has 4 aromatic rings. The van der Waals surface area contributed by atoms with Crippen molar-refractivity contribution in [2.45, 2.75) is 20.8 Å². The molecule has 0 radical (unpaired) electrons. The van der Waals surface area contributed by atoms with E-state index in [1.807, 2.05) is 51.1 Å². The first-order valence-corrected chi connectivity index (χ1v) is 11.4. The van der Waals surface area contributed by atoms with Crippen molar-refractivity contribution in [1.82, 2.24) is 0 Å². The molecule has 1 amide bonds. The molecule has 1 N–H and O–H groups in total. The molecule has 0 bridgehead atoms. The molecule has 1 heterocycles. The molecule has 0 unspecified atom stereocenters. The number of halogens is 1. The zero-order valence-corrected chi connectivity index (χ0v) is 20.3. The number of methoxy groups -OCH3 is 1. The largest absolute Gasteiger partial charge is 0.497 e. The van der Waals surface area contributed by atoms with E-state index in [1.54, 1.807) is 43.7 Å². The summed E-state index contributed by atoms with van der Waals surface area (Å²) in [7, 11) is 1.64. The van der Waals surface area contributed by atoms with Crippen molar-refractivity contribution >= 4 is 39.7 Å². The number of fused-ring (bicyclic) bond motifs is 1. The predicted octanol–water partition coefficient (Wildman–Crippen LogP) is 7.51. The van der Waals surface area contributed by atoms with Crippen LogP contribution in [0, 0.1) is 6.92 Å². The Bertz CT molecular complexity index is 1370. The summed E-state index contributed by atoms with van der Waals surface area (Å²) in [4.78, 5) is 12.7. The van der Waals surface area contributed by atoms with Crippen LogP contribution in [-0.4, -0.2) is 19.6 Å². The molecule has 0 aliphatic rings. The fraction of sp³-hybridized carbons (Fsp3) is 0.179. The van der Waals surface area contributed by atoms with Gasteiger partial charge in [-0.05, 0) is 68.3 Å².